The number of hydrogen-bond donors (Lipinski definition) is 1. The van der Waals surface area contributed by atoms with Crippen molar-refractivity contribution in [2.75, 3.05) is 0 Å². The van der Waals surface area contributed by atoms with Crippen molar-refractivity contribution in [3.8, 4) is 0 Å². The van der Waals surface area contributed by atoms with Gasteiger partial charge in [-0.05, 0) is 43.4 Å². The van der Waals surface area contributed by atoms with Crippen molar-refractivity contribution >= 4 is 29.1 Å². The maximum absolute atomic E-state index is 13.0. The molecule has 1 aromatic carbocycles. The topological polar surface area (TPSA) is 90.2 Å². The Hall–Kier alpha value is -2.70. The van der Waals surface area contributed by atoms with Gasteiger partial charge < -0.3 is 0 Å². The lowest BCUT2D eigenvalue weighted by Gasteiger charge is -2.21. The van der Waals surface area contributed by atoms with Gasteiger partial charge in [-0.1, -0.05) is 0 Å². The Morgan fingerprint density at radius 1 is 1.12 bits per heavy atom. The van der Waals surface area contributed by atoms with Gasteiger partial charge in [0.05, 0.1) is 11.0 Å². The van der Waals surface area contributed by atoms with E-state index in [1.807, 2.05) is 0 Å². The number of nitrogens with one attached hydrogen (secondary N) is 1. The Labute approximate surface area is 137 Å². The van der Waals surface area contributed by atoms with Crippen LogP contribution >= 0.6 is 0 Å². The summed E-state index contributed by atoms with van der Waals surface area (Å²) in [5, 5.41) is 2.30. The fourth-order valence-electron chi connectivity index (χ4n) is 3.33. The van der Waals surface area contributed by atoms with E-state index in [1.54, 1.807) is 22.8 Å². The van der Waals surface area contributed by atoms with Crippen LogP contribution < -0.4 is 11.0 Å². The minimum atomic E-state index is -0.694. The molecule has 0 radical (unpaired) electrons. The number of carbonyl (C=O) groups is 3. The van der Waals surface area contributed by atoms with E-state index in [-0.39, 0.29) is 18.0 Å². The molecule has 1 aromatic heterocycles. The number of aldehydes is 1. The number of fused-ring (bicyclic) bond motifs is 1. The SMILES string of the molecule is O=Cc1ccc2c(c1)n(CC1CC1)c(=O)n2C1CCC(=O)NC1=O. The van der Waals surface area contributed by atoms with Crippen molar-refractivity contribution in [2.24, 2.45) is 5.92 Å². The predicted molar refractivity (Wildman–Crippen MR) is 85.7 cm³/mol. The first kappa shape index (κ1) is 14.9. The Kier molecular flexibility index (Phi) is 3.37. The number of imide groups is 1. The summed E-state index contributed by atoms with van der Waals surface area (Å²) in [5.74, 6) is -0.282. The van der Waals surface area contributed by atoms with Crippen LogP contribution in [0.5, 0.6) is 0 Å². The standard InChI is InChI=1S/C17H17N3O4/c21-9-11-3-4-12-14(7-11)19(8-10-1-2-10)17(24)20(12)13-5-6-15(22)18-16(13)23/h3-4,7,9-10,13H,1-2,5-6,8H2,(H,18,22,23). The first-order chi connectivity index (χ1) is 11.6. The highest BCUT2D eigenvalue weighted by molar-refractivity contribution is 6.00. The largest absolute Gasteiger partial charge is 0.329 e. The molecule has 1 aliphatic heterocycles. The minimum Gasteiger partial charge on any atom is -0.298 e. The Morgan fingerprint density at radius 3 is 2.58 bits per heavy atom. The van der Waals surface area contributed by atoms with Crippen molar-refractivity contribution in [3.63, 3.8) is 0 Å². The van der Waals surface area contributed by atoms with Crippen molar-refractivity contribution in [1.82, 2.24) is 14.5 Å². The second-order valence-corrected chi connectivity index (χ2v) is 6.54. The van der Waals surface area contributed by atoms with Gasteiger partial charge in [0.25, 0.3) is 0 Å². The highest BCUT2D eigenvalue weighted by Gasteiger charge is 2.32. The highest BCUT2D eigenvalue weighted by atomic mass is 16.2. The first-order valence-electron chi connectivity index (χ1n) is 8.12. The van der Waals surface area contributed by atoms with Gasteiger partial charge in [-0.3, -0.25) is 28.8 Å². The average Bonchev–Trinajstić information content (AvgIpc) is 3.34. The summed E-state index contributed by atoms with van der Waals surface area (Å²) < 4.78 is 3.12. The van der Waals surface area contributed by atoms with Gasteiger partial charge in [0.15, 0.2) is 0 Å². The predicted octanol–water partition coefficient (Wildman–Crippen LogP) is 1.00. The van der Waals surface area contributed by atoms with E-state index in [4.69, 9.17) is 0 Å². The molecule has 1 atom stereocenters. The summed E-state index contributed by atoms with van der Waals surface area (Å²) in [6.07, 6.45) is 3.44. The number of carbonyl (C=O) groups excluding carboxylic acids is 3. The Bertz CT molecular complexity index is 920. The molecule has 2 aliphatic rings. The smallest absolute Gasteiger partial charge is 0.298 e. The molecule has 1 saturated carbocycles. The van der Waals surface area contributed by atoms with E-state index in [9.17, 15) is 19.2 Å². The first-order valence-corrected chi connectivity index (χ1v) is 8.12. The van der Waals surface area contributed by atoms with Crippen molar-refractivity contribution in [2.45, 2.75) is 38.3 Å². The van der Waals surface area contributed by atoms with Crippen LogP contribution in [-0.4, -0.2) is 27.2 Å². The molecule has 0 bridgehead atoms. The van der Waals surface area contributed by atoms with Crippen LogP contribution in [0.1, 0.15) is 42.1 Å². The lowest BCUT2D eigenvalue weighted by atomic mass is 10.1. The molecule has 2 amide bonds. The van der Waals surface area contributed by atoms with E-state index in [0.717, 1.165) is 19.1 Å². The summed E-state index contributed by atoms with van der Waals surface area (Å²) in [6.45, 7) is 0.595. The van der Waals surface area contributed by atoms with Gasteiger partial charge in [0.2, 0.25) is 11.8 Å². The fourth-order valence-corrected chi connectivity index (χ4v) is 3.33. The lowest BCUT2D eigenvalue weighted by Crippen LogP contribution is -2.44. The highest BCUT2D eigenvalue weighted by Crippen LogP contribution is 2.32. The zero-order valence-corrected chi connectivity index (χ0v) is 13.0. The maximum atomic E-state index is 13.0. The van der Waals surface area contributed by atoms with E-state index in [2.05, 4.69) is 5.32 Å². The maximum Gasteiger partial charge on any atom is 0.329 e. The van der Waals surface area contributed by atoms with Crippen LogP contribution in [0.2, 0.25) is 0 Å². The molecular weight excluding hydrogens is 310 g/mol. The molecule has 2 aromatic rings. The molecule has 1 aliphatic carbocycles. The van der Waals surface area contributed by atoms with Crippen LogP contribution in [0, 0.1) is 5.92 Å². The second kappa shape index (κ2) is 5.43. The van der Waals surface area contributed by atoms with Crippen LogP contribution in [0.25, 0.3) is 11.0 Å². The molecule has 124 valence electrons. The zero-order chi connectivity index (χ0) is 16.8. The van der Waals surface area contributed by atoms with Gasteiger partial charge in [0, 0.05) is 18.5 Å². The lowest BCUT2D eigenvalue weighted by molar-refractivity contribution is -0.135. The van der Waals surface area contributed by atoms with Gasteiger partial charge in [-0.25, -0.2) is 4.79 Å². The Morgan fingerprint density at radius 2 is 1.92 bits per heavy atom. The van der Waals surface area contributed by atoms with Gasteiger partial charge in [-0.2, -0.15) is 0 Å². The van der Waals surface area contributed by atoms with Gasteiger partial charge in [0.1, 0.15) is 12.3 Å². The van der Waals surface area contributed by atoms with E-state index in [1.165, 1.54) is 4.57 Å². The monoisotopic (exact) mass is 327 g/mol. The summed E-state index contributed by atoms with van der Waals surface area (Å²) in [4.78, 5) is 47.6. The minimum absolute atomic E-state index is 0.213. The van der Waals surface area contributed by atoms with Crippen LogP contribution in [0.4, 0.5) is 0 Å². The molecule has 0 spiro atoms. The fraction of sp³-hybridized carbons (Fsp3) is 0.412. The van der Waals surface area contributed by atoms with Gasteiger partial charge in [-0.15, -0.1) is 0 Å². The van der Waals surface area contributed by atoms with E-state index in [0.29, 0.717) is 35.5 Å². The van der Waals surface area contributed by atoms with Crippen molar-refractivity contribution in [1.29, 1.82) is 0 Å². The molecule has 1 N–H and O–H groups in total. The third-order valence-corrected chi connectivity index (χ3v) is 4.78. The molecule has 1 saturated heterocycles. The number of piperidine rings is 1. The van der Waals surface area contributed by atoms with Crippen molar-refractivity contribution in [3.05, 3.63) is 34.2 Å². The third-order valence-electron chi connectivity index (χ3n) is 4.78. The number of nitrogens with zero attached hydrogens (tertiary/aromatic N) is 2. The van der Waals surface area contributed by atoms with Crippen molar-refractivity contribution < 1.29 is 14.4 Å². The van der Waals surface area contributed by atoms with E-state index < -0.39 is 11.9 Å². The molecule has 4 rings (SSSR count). The number of hydrogen-bond acceptors (Lipinski definition) is 4. The molecule has 2 heterocycles. The van der Waals surface area contributed by atoms with Crippen LogP contribution in [-0.2, 0) is 16.1 Å². The number of imidazole rings is 1. The molecule has 24 heavy (non-hydrogen) atoms. The quantitative estimate of drug-likeness (QED) is 0.670. The number of aromatic nitrogens is 2. The molecule has 1 unspecified atom stereocenters. The summed E-state index contributed by atoms with van der Waals surface area (Å²) >= 11 is 0. The van der Waals surface area contributed by atoms with Crippen LogP contribution in [0.15, 0.2) is 23.0 Å². The number of benzene rings is 1. The van der Waals surface area contributed by atoms with Gasteiger partial charge >= 0.3 is 5.69 Å². The average molecular weight is 327 g/mol. The normalized spacial score (nSPS) is 21.1. The third kappa shape index (κ3) is 2.36. The molecule has 7 nitrogen and oxygen atoms in total. The molecule has 2 fully saturated rings. The van der Waals surface area contributed by atoms with E-state index >= 15 is 0 Å². The summed E-state index contributed by atoms with van der Waals surface area (Å²) in [6, 6.07) is 4.33. The van der Waals surface area contributed by atoms with Crippen LogP contribution in [0.3, 0.4) is 0 Å². The summed E-state index contributed by atoms with van der Waals surface area (Å²) in [5.41, 5.74) is 1.53. The Balaban J connectivity index is 1.89. The number of amides is 2. The molecule has 7 heteroatoms. The number of rotatable bonds is 4. The second-order valence-electron chi connectivity index (χ2n) is 6.54. The summed E-state index contributed by atoms with van der Waals surface area (Å²) in [7, 11) is 0. The zero-order valence-electron chi connectivity index (χ0n) is 13.0. The molecular formula is C17H17N3O4.